The zero-order valence-corrected chi connectivity index (χ0v) is 12.1. The molecule has 106 valence electrons. The van der Waals surface area contributed by atoms with E-state index >= 15 is 0 Å². The summed E-state index contributed by atoms with van der Waals surface area (Å²) in [6, 6.07) is 0.427. The Bertz CT molecular complexity index is 243. The molecule has 18 heavy (non-hydrogen) atoms. The second-order valence-electron chi connectivity index (χ2n) is 5.93. The summed E-state index contributed by atoms with van der Waals surface area (Å²) in [5, 5.41) is 3.20. The number of carbonyl (C=O) groups is 1. The van der Waals surface area contributed by atoms with Gasteiger partial charge in [-0.25, -0.2) is 0 Å². The number of hydrogen-bond donors (Lipinski definition) is 2. The van der Waals surface area contributed by atoms with E-state index in [2.05, 4.69) is 19.2 Å². The molecule has 0 spiro atoms. The fourth-order valence-electron chi connectivity index (χ4n) is 2.99. The van der Waals surface area contributed by atoms with E-state index in [-0.39, 0.29) is 5.91 Å². The average molecular weight is 254 g/mol. The molecule has 1 rings (SSSR count). The minimum absolute atomic E-state index is 0.240. The number of nitrogens with two attached hydrogens (primary N) is 1. The maximum atomic E-state index is 11.9. The Hall–Kier alpha value is -0.570. The minimum atomic E-state index is 0.240. The van der Waals surface area contributed by atoms with Crippen molar-refractivity contribution in [2.45, 2.75) is 71.3 Å². The number of nitrogens with one attached hydrogen (secondary N) is 1. The van der Waals surface area contributed by atoms with Crippen LogP contribution in [0.5, 0.6) is 0 Å². The van der Waals surface area contributed by atoms with E-state index in [4.69, 9.17) is 5.73 Å². The SMILES string of the molecule is CCC(CCN)CCC(=O)NC1CCCC(C)C1. The van der Waals surface area contributed by atoms with Crippen molar-refractivity contribution in [3.8, 4) is 0 Å². The van der Waals surface area contributed by atoms with Gasteiger partial charge in [0.25, 0.3) is 0 Å². The molecule has 0 aromatic rings. The van der Waals surface area contributed by atoms with Gasteiger partial charge in [-0.2, -0.15) is 0 Å². The normalized spacial score (nSPS) is 25.7. The number of hydrogen-bond acceptors (Lipinski definition) is 2. The fraction of sp³-hybridized carbons (Fsp3) is 0.933. The van der Waals surface area contributed by atoms with Gasteiger partial charge in [-0.15, -0.1) is 0 Å². The predicted octanol–water partition coefficient (Wildman–Crippen LogP) is 2.84. The third kappa shape index (κ3) is 5.85. The second kappa shape index (κ2) is 8.52. The van der Waals surface area contributed by atoms with Crippen LogP contribution in [0.25, 0.3) is 0 Å². The largest absolute Gasteiger partial charge is 0.353 e. The lowest BCUT2D eigenvalue weighted by Gasteiger charge is -2.27. The monoisotopic (exact) mass is 254 g/mol. The summed E-state index contributed by atoms with van der Waals surface area (Å²) in [5.74, 6) is 1.63. The van der Waals surface area contributed by atoms with Crippen LogP contribution in [0.15, 0.2) is 0 Å². The van der Waals surface area contributed by atoms with Gasteiger partial charge in [0.15, 0.2) is 0 Å². The molecule has 1 fully saturated rings. The first-order chi connectivity index (χ1) is 8.65. The molecule has 0 heterocycles. The summed E-state index contributed by atoms with van der Waals surface area (Å²) in [5.41, 5.74) is 5.58. The molecule has 1 aliphatic rings. The summed E-state index contributed by atoms with van der Waals surface area (Å²) >= 11 is 0. The zero-order valence-electron chi connectivity index (χ0n) is 12.1. The fourth-order valence-corrected chi connectivity index (χ4v) is 2.99. The van der Waals surface area contributed by atoms with Crippen molar-refractivity contribution in [3.63, 3.8) is 0 Å². The topological polar surface area (TPSA) is 55.1 Å². The van der Waals surface area contributed by atoms with Crippen LogP contribution in [0.1, 0.15) is 65.2 Å². The maximum absolute atomic E-state index is 11.9. The summed E-state index contributed by atoms with van der Waals surface area (Å²) in [7, 11) is 0. The van der Waals surface area contributed by atoms with Crippen molar-refractivity contribution in [3.05, 3.63) is 0 Å². The Morgan fingerprint density at radius 1 is 1.39 bits per heavy atom. The highest BCUT2D eigenvalue weighted by Gasteiger charge is 2.20. The average Bonchev–Trinajstić information content (AvgIpc) is 2.34. The first kappa shape index (κ1) is 15.5. The Morgan fingerprint density at radius 3 is 2.78 bits per heavy atom. The summed E-state index contributed by atoms with van der Waals surface area (Å²) in [6.07, 6.45) is 8.74. The van der Waals surface area contributed by atoms with Crippen LogP contribution in [0.2, 0.25) is 0 Å². The van der Waals surface area contributed by atoms with Gasteiger partial charge < -0.3 is 11.1 Å². The molecular weight excluding hydrogens is 224 g/mol. The number of carbonyl (C=O) groups excluding carboxylic acids is 1. The Labute approximate surface area is 112 Å². The summed E-state index contributed by atoms with van der Waals surface area (Å²) < 4.78 is 0. The molecule has 3 atom stereocenters. The Morgan fingerprint density at radius 2 is 2.17 bits per heavy atom. The van der Waals surface area contributed by atoms with E-state index in [9.17, 15) is 4.79 Å². The molecule has 3 unspecified atom stereocenters. The molecule has 3 N–H and O–H groups in total. The van der Waals surface area contributed by atoms with E-state index in [1.165, 1.54) is 12.8 Å². The molecule has 3 heteroatoms. The molecule has 0 aromatic heterocycles. The molecule has 0 bridgehead atoms. The van der Waals surface area contributed by atoms with E-state index in [0.717, 1.165) is 44.6 Å². The standard InChI is InChI=1S/C15H30N2O/c1-3-13(9-10-16)7-8-15(18)17-14-6-4-5-12(2)11-14/h12-14H,3-11,16H2,1-2H3,(H,17,18). The van der Waals surface area contributed by atoms with E-state index < -0.39 is 0 Å². The van der Waals surface area contributed by atoms with Crippen LogP contribution < -0.4 is 11.1 Å². The van der Waals surface area contributed by atoms with Crippen molar-refractivity contribution >= 4 is 5.91 Å². The highest BCUT2D eigenvalue weighted by atomic mass is 16.1. The van der Waals surface area contributed by atoms with Gasteiger partial charge in [-0.3, -0.25) is 4.79 Å². The zero-order chi connectivity index (χ0) is 13.4. The van der Waals surface area contributed by atoms with Crippen molar-refractivity contribution < 1.29 is 4.79 Å². The van der Waals surface area contributed by atoms with E-state index in [1.807, 2.05) is 0 Å². The first-order valence-electron chi connectivity index (χ1n) is 7.65. The van der Waals surface area contributed by atoms with Crippen LogP contribution in [0.4, 0.5) is 0 Å². The van der Waals surface area contributed by atoms with Crippen LogP contribution in [-0.4, -0.2) is 18.5 Å². The van der Waals surface area contributed by atoms with E-state index in [0.29, 0.717) is 18.4 Å². The lowest BCUT2D eigenvalue weighted by molar-refractivity contribution is -0.122. The molecule has 3 nitrogen and oxygen atoms in total. The summed E-state index contributed by atoms with van der Waals surface area (Å²) in [6.45, 7) is 5.20. The second-order valence-corrected chi connectivity index (χ2v) is 5.93. The number of amides is 1. The third-order valence-electron chi connectivity index (χ3n) is 4.23. The minimum Gasteiger partial charge on any atom is -0.353 e. The van der Waals surface area contributed by atoms with Gasteiger partial charge in [-0.1, -0.05) is 33.1 Å². The number of rotatable bonds is 7. The molecule has 0 aromatic carbocycles. The van der Waals surface area contributed by atoms with Crippen molar-refractivity contribution in [1.29, 1.82) is 0 Å². The lowest BCUT2D eigenvalue weighted by atomic mass is 9.87. The quantitative estimate of drug-likeness (QED) is 0.734. The van der Waals surface area contributed by atoms with Crippen LogP contribution in [0, 0.1) is 11.8 Å². The van der Waals surface area contributed by atoms with Crippen molar-refractivity contribution in [1.82, 2.24) is 5.32 Å². The molecule has 0 radical (unpaired) electrons. The van der Waals surface area contributed by atoms with Gasteiger partial charge in [0.05, 0.1) is 0 Å². The maximum Gasteiger partial charge on any atom is 0.220 e. The van der Waals surface area contributed by atoms with Crippen LogP contribution >= 0.6 is 0 Å². The predicted molar refractivity (Wildman–Crippen MR) is 76.2 cm³/mol. The molecule has 0 aliphatic heterocycles. The van der Waals surface area contributed by atoms with Gasteiger partial charge in [-0.05, 0) is 44.1 Å². The molecule has 1 saturated carbocycles. The Balaban J connectivity index is 2.20. The molecular formula is C15H30N2O. The van der Waals surface area contributed by atoms with Gasteiger partial charge in [0.2, 0.25) is 5.91 Å². The van der Waals surface area contributed by atoms with Gasteiger partial charge >= 0.3 is 0 Å². The third-order valence-corrected chi connectivity index (χ3v) is 4.23. The molecule has 1 aliphatic carbocycles. The van der Waals surface area contributed by atoms with Crippen molar-refractivity contribution in [2.24, 2.45) is 17.6 Å². The smallest absolute Gasteiger partial charge is 0.220 e. The van der Waals surface area contributed by atoms with Gasteiger partial charge in [0, 0.05) is 12.5 Å². The lowest BCUT2D eigenvalue weighted by Crippen LogP contribution is -2.38. The van der Waals surface area contributed by atoms with E-state index in [1.54, 1.807) is 0 Å². The van der Waals surface area contributed by atoms with Crippen LogP contribution in [-0.2, 0) is 4.79 Å². The van der Waals surface area contributed by atoms with Crippen molar-refractivity contribution in [2.75, 3.05) is 6.54 Å². The molecule has 1 amide bonds. The highest BCUT2D eigenvalue weighted by molar-refractivity contribution is 5.76. The summed E-state index contributed by atoms with van der Waals surface area (Å²) in [4.78, 5) is 11.9. The van der Waals surface area contributed by atoms with Crippen LogP contribution in [0.3, 0.4) is 0 Å². The first-order valence-corrected chi connectivity index (χ1v) is 7.65. The Kier molecular flexibility index (Phi) is 7.33. The van der Waals surface area contributed by atoms with Gasteiger partial charge in [0.1, 0.15) is 0 Å². The molecule has 0 saturated heterocycles. The highest BCUT2D eigenvalue weighted by Crippen LogP contribution is 2.23.